The monoisotopic (exact) mass is 1600 g/mol. The van der Waals surface area contributed by atoms with Crippen molar-refractivity contribution in [3.8, 4) is 34.5 Å². The first kappa shape index (κ1) is 79.1. The Labute approximate surface area is 667 Å². The number of nitrogens with zero attached hydrogens (tertiary/aromatic N) is 3. The number of unbranched alkanes of at least 4 members (excludes halogenated alkanes) is 1. The van der Waals surface area contributed by atoms with Crippen LogP contribution >= 0.6 is 58.0 Å². The third-order valence-corrected chi connectivity index (χ3v) is 20.4. The van der Waals surface area contributed by atoms with Crippen molar-refractivity contribution in [2.24, 2.45) is 0 Å². The summed E-state index contributed by atoms with van der Waals surface area (Å²) in [5.41, 5.74) is 12.0. The highest BCUT2D eigenvalue weighted by Crippen LogP contribution is 2.44. The third-order valence-electron chi connectivity index (χ3n) is 19.2. The van der Waals surface area contributed by atoms with Crippen LogP contribution < -0.4 is 28.4 Å². The number of rotatable bonds is 25. The summed E-state index contributed by atoms with van der Waals surface area (Å²) in [6.07, 6.45) is 2.49. The van der Waals surface area contributed by atoms with Gasteiger partial charge in [-0.1, -0.05) is 101 Å². The van der Waals surface area contributed by atoms with Crippen LogP contribution in [-0.4, -0.2) is 147 Å². The molecule has 6 heterocycles. The molecule has 9 aromatic carbocycles. The Morgan fingerprint density at radius 1 is 0.378 bits per heavy atom. The molecule has 3 atom stereocenters. The van der Waals surface area contributed by atoms with Crippen LogP contribution in [0.25, 0.3) is 32.7 Å². The second-order valence-electron chi connectivity index (χ2n) is 26.3. The van der Waals surface area contributed by atoms with Crippen molar-refractivity contribution < 1.29 is 66.1 Å². The number of aromatic nitrogens is 3. The van der Waals surface area contributed by atoms with Gasteiger partial charge < -0.3 is 62.3 Å². The zero-order chi connectivity index (χ0) is 77.2. The van der Waals surface area contributed by atoms with Crippen molar-refractivity contribution in [3.63, 3.8) is 0 Å². The minimum absolute atomic E-state index is 0.279. The van der Waals surface area contributed by atoms with E-state index in [9.17, 15) is 18.8 Å². The maximum Gasteiger partial charge on any atom is 0.416 e. The first-order valence-electron chi connectivity index (χ1n) is 36.5. The number of H-pyrrole nitrogens is 3. The maximum atomic E-state index is 13.4. The summed E-state index contributed by atoms with van der Waals surface area (Å²) in [5.74, 6) is 3.68. The molecule has 0 aliphatic carbocycles. The fourth-order valence-corrected chi connectivity index (χ4v) is 14.8. The largest absolute Gasteiger partial charge is 0.494 e. The van der Waals surface area contributed by atoms with E-state index in [0.29, 0.717) is 142 Å². The van der Waals surface area contributed by atoms with Crippen molar-refractivity contribution in [1.82, 2.24) is 29.7 Å². The lowest BCUT2D eigenvalue weighted by Crippen LogP contribution is -2.42. The maximum absolute atomic E-state index is 13.4. The molecule has 576 valence electrons. The van der Waals surface area contributed by atoms with Gasteiger partial charge in [-0.05, 0) is 217 Å². The van der Waals surface area contributed by atoms with Crippen LogP contribution in [0.5, 0.6) is 34.5 Å². The second-order valence-corrected chi connectivity index (χ2v) is 28.5. The van der Waals surface area contributed by atoms with Gasteiger partial charge in [0.15, 0.2) is 0 Å². The van der Waals surface area contributed by atoms with Gasteiger partial charge in [0.05, 0.1) is 46.2 Å². The van der Waals surface area contributed by atoms with E-state index in [0.717, 1.165) is 102 Å². The Kier molecular flexibility index (Phi) is 27.3. The average molecular weight is 1600 g/mol. The Balaban J connectivity index is 0.000000146. The number of halogens is 6. The summed E-state index contributed by atoms with van der Waals surface area (Å²) >= 11 is 30.6. The van der Waals surface area contributed by atoms with Gasteiger partial charge in [-0.25, -0.2) is 18.8 Å². The Hall–Kier alpha value is -9.97. The normalized spacial score (nSPS) is 15.0. The van der Waals surface area contributed by atoms with E-state index in [1.165, 1.54) is 29.8 Å². The molecule has 0 spiro atoms. The quantitative estimate of drug-likeness (QED) is 0.0361. The summed E-state index contributed by atoms with van der Waals surface area (Å²) < 4.78 is 68.7. The first-order chi connectivity index (χ1) is 54.2. The fraction of sp³-hybridized carbons (Fsp3) is 0.267. The van der Waals surface area contributed by atoms with Gasteiger partial charge in [-0.2, -0.15) is 0 Å². The van der Waals surface area contributed by atoms with Crippen LogP contribution in [0.3, 0.4) is 0 Å². The topological polar surface area (TPSA) is 201 Å². The molecular weight excluding hydrogens is 1520 g/mol. The van der Waals surface area contributed by atoms with E-state index in [1.807, 2.05) is 146 Å². The third kappa shape index (κ3) is 19.9. The van der Waals surface area contributed by atoms with Crippen LogP contribution in [0.1, 0.15) is 81.4 Å². The molecule has 3 N–H and O–H groups in total. The number of aromatic amines is 3. The molecule has 3 aliphatic rings. The zero-order valence-corrected chi connectivity index (χ0v) is 64.8. The van der Waals surface area contributed by atoms with E-state index in [2.05, 4.69) is 15.0 Å². The molecule has 0 fully saturated rings. The van der Waals surface area contributed by atoms with Crippen LogP contribution in [-0.2, 0) is 38.2 Å². The molecule has 15 rings (SSSR count). The zero-order valence-electron chi connectivity index (χ0n) is 61.0. The lowest BCUT2D eigenvalue weighted by Gasteiger charge is -2.35. The number of benzene rings is 9. The highest BCUT2D eigenvalue weighted by atomic mass is 35.5. The minimum atomic E-state index is -0.516. The molecule has 0 bridgehead atoms. The molecule has 0 saturated carbocycles. The van der Waals surface area contributed by atoms with Crippen molar-refractivity contribution in [1.29, 1.82) is 0 Å². The number of methoxy groups -OCH3 is 2. The summed E-state index contributed by atoms with van der Waals surface area (Å²) in [7, 11) is 3.27. The number of carbonyl (C=O) groups excluding carboxylic acids is 3. The van der Waals surface area contributed by atoms with Crippen molar-refractivity contribution in [2.45, 2.75) is 50.2 Å². The highest BCUT2D eigenvalue weighted by molar-refractivity contribution is 6.32. The smallest absolute Gasteiger partial charge is 0.416 e. The summed E-state index contributed by atoms with van der Waals surface area (Å²) in [5, 5.41) is 5.80. The van der Waals surface area contributed by atoms with Crippen LogP contribution in [0.2, 0.25) is 20.1 Å². The minimum Gasteiger partial charge on any atom is -0.494 e. The lowest BCUT2D eigenvalue weighted by atomic mass is 9.92. The number of amides is 3. The molecule has 3 amide bonds. The van der Waals surface area contributed by atoms with Crippen LogP contribution in [0.4, 0.5) is 18.8 Å². The molecule has 3 unspecified atom stereocenters. The standard InChI is InChI=1S/C29H28ClFN2O5.C29H29ClN2O5.C28H25Cl3N2O3/c1-35-14-15-36-16-17-37-22-7-2-19(3-8-22)28-27-24(25-18-20(30)4-11-26(25)32-27)12-13-33(28)29(34)38-23-9-5-21(31)6-10-23;1-34-15-16-35-17-18-36-22-10-7-20(8-11-22)28-27-24(25-19-21(30)9-12-26(25)31-27)13-14-32(28)29(33)37-23-5-3-2-4-6-23;29-14-1-2-16-35-21-8-3-18(4-9-21)27-26-23(24-17-20(31)7-12-25(24)32-26)13-15-33(27)28(34)36-22-10-5-19(30)6-11-22/h2-11,18,28,32H,12-17H2,1H3;2-12,19,28,31H,13-18H2,1H3;3-12,17,27,32H,1-2,13-16H2. The summed E-state index contributed by atoms with van der Waals surface area (Å²) in [4.78, 5) is 55.9. The number of fused-ring (bicyclic) bond motifs is 9. The number of nitrogens with one attached hydrogen (secondary N) is 3. The van der Waals surface area contributed by atoms with Gasteiger partial charge in [-0.15, -0.1) is 11.6 Å². The number of alkyl halides is 1. The second kappa shape index (κ2) is 38.3. The van der Waals surface area contributed by atoms with E-state index in [4.69, 9.17) is 105 Å². The molecule has 111 heavy (non-hydrogen) atoms. The molecule has 3 aromatic heterocycles. The molecule has 25 heteroatoms. The molecule has 12 aromatic rings. The van der Waals surface area contributed by atoms with Crippen LogP contribution in [0, 0.1) is 5.82 Å². The van der Waals surface area contributed by atoms with Gasteiger partial charge in [0.25, 0.3) is 0 Å². The van der Waals surface area contributed by atoms with Crippen molar-refractivity contribution in [3.05, 3.63) is 283 Å². The van der Waals surface area contributed by atoms with Gasteiger partial charge in [0.1, 0.15) is 71.7 Å². The average Bonchev–Trinajstić information content (AvgIpc) is 1.63. The molecule has 3 aliphatic heterocycles. The first-order valence-corrected chi connectivity index (χ1v) is 38.5. The number of hydrogen-bond donors (Lipinski definition) is 3. The molecule has 19 nitrogen and oxygen atoms in total. The predicted octanol–water partition coefficient (Wildman–Crippen LogP) is 20.2. The summed E-state index contributed by atoms with van der Waals surface area (Å²) in [6.45, 7) is 6.00. The lowest BCUT2D eigenvalue weighted by molar-refractivity contribution is 0.0544. The van der Waals surface area contributed by atoms with E-state index in [1.54, 1.807) is 65.3 Å². The number of para-hydroxylation sites is 1. The predicted molar refractivity (Wildman–Crippen MR) is 430 cm³/mol. The van der Waals surface area contributed by atoms with Gasteiger partial charge in [0, 0.05) is 110 Å². The molecular formula is C86H82Cl5FN6O13. The Morgan fingerprint density at radius 3 is 1.06 bits per heavy atom. The number of ether oxygens (including phenoxy) is 10. The van der Waals surface area contributed by atoms with Gasteiger partial charge >= 0.3 is 18.3 Å². The summed E-state index contributed by atoms with van der Waals surface area (Å²) in [6, 6.07) is 60.8. The highest BCUT2D eigenvalue weighted by Gasteiger charge is 2.39. The van der Waals surface area contributed by atoms with Crippen LogP contribution in [0.15, 0.2) is 206 Å². The number of hydrogen-bond acceptors (Lipinski definition) is 13. The van der Waals surface area contributed by atoms with Crippen molar-refractivity contribution >= 4 is 109 Å². The van der Waals surface area contributed by atoms with Gasteiger partial charge in [-0.3, -0.25) is 14.7 Å². The van der Waals surface area contributed by atoms with Crippen molar-refractivity contribution in [2.75, 3.05) is 99.2 Å². The Bertz CT molecular complexity index is 5090. The Morgan fingerprint density at radius 2 is 0.703 bits per heavy atom. The van der Waals surface area contributed by atoms with E-state index in [-0.39, 0.29) is 17.8 Å². The SMILES string of the molecule is COCCOCCOc1ccc(C2c3[nH]c4ccc(Cl)cc4c3CCN2C(=O)Oc2ccc(F)cc2)cc1.COCCOCCOc1ccc(C2c3[nH]c4ccc(Cl)cc4c3CCN2C(=O)Oc2ccccc2)cc1.O=C(Oc1ccc(Cl)cc1)N1CCc2c([nH]c3ccc(Cl)cc23)C1c1ccc(OCCCCCl)cc1. The van der Waals surface area contributed by atoms with E-state index < -0.39 is 30.1 Å². The van der Waals surface area contributed by atoms with Gasteiger partial charge in [0.2, 0.25) is 0 Å². The molecule has 0 saturated heterocycles. The van der Waals surface area contributed by atoms with E-state index >= 15 is 0 Å². The number of carbonyl (C=O) groups is 3. The fourth-order valence-electron chi connectivity index (χ4n) is 13.9. The molecule has 0 radical (unpaired) electrons.